The molecule has 2 aromatic rings. The molecule has 0 bridgehead atoms. The minimum Gasteiger partial charge on any atom is -0.378 e. The predicted molar refractivity (Wildman–Crippen MR) is 129 cm³/mol. The number of rotatable bonds is 7. The van der Waals surface area contributed by atoms with E-state index in [0.29, 0.717) is 39.1 Å². The first-order valence-corrected chi connectivity index (χ1v) is 11.8. The third-order valence-electron chi connectivity index (χ3n) is 6.61. The van der Waals surface area contributed by atoms with Crippen LogP contribution < -0.4 is 15.5 Å². The zero-order chi connectivity index (χ0) is 23.1. The van der Waals surface area contributed by atoms with Gasteiger partial charge in [0.1, 0.15) is 5.54 Å². The first-order chi connectivity index (χ1) is 16.1. The fraction of sp³-hybridized carbons (Fsp3) is 0.462. The fourth-order valence-electron chi connectivity index (χ4n) is 4.86. The van der Waals surface area contributed by atoms with Crippen molar-refractivity contribution in [1.29, 1.82) is 0 Å². The Morgan fingerprint density at radius 1 is 1.00 bits per heavy atom. The van der Waals surface area contributed by atoms with E-state index in [9.17, 15) is 9.59 Å². The van der Waals surface area contributed by atoms with Crippen LogP contribution in [-0.4, -0.2) is 55.7 Å². The van der Waals surface area contributed by atoms with Crippen LogP contribution in [0.4, 0.5) is 10.5 Å². The molecule has 0 radical (unpaired) electrons. The van der Waals surface area contributed by atoms with Gasteiger partial charge in [0.05, 0.1) is 13.2 Å². The second kappa shape index (κ2) is 10.7. The summed E-state index contributed by atoms with van der Waals surface area (Å²) in [6, 6.07) is 17.7. The van der Waals surface area contributed by atoms with Gasteiger partial charge in [-0.2, -0.15) is 0 Å². The average Bonchev–Trinajstić information content (AvgIpc) is 3.33. The van der Waals surface area contributed by atoms with E-state index in [2.05, 4.69) is 27.7 Å². The number of para-hydroxylation sites is 1. The summed E-state index contributed by atoms with van der Waals surface area (Å²) in [6.07, 6.45) is 3.20. The summed E-state index contributed by atoms with van der Waals surface area (Å²) in [6.45, 7) is 4.06. The lowest BCUT2D eigenvalue weighted by Crippen LogP contribution is -2.59. The molecule has 176 valence electrons. The van der Waals surface area contributed by atoms with Crippen molar-refractivity contribution < 1.29 is 14.3 Å². The van der Waals surface area contributed by atoms with Crippen molar-refractivity contribution in [3.8, 4) is 0 Å². The van der Waals surface area contributed by atoms with Gasteiger partial charge in [0.2, 0.25) is 5.91 Å². The van der Waals surface area contributed by atoms with E-state index in [1.807, 2.05) is 49.5 Å². The van der Waals surface area contributed by atoms with Crippen LogP contribution in [0.5, 0.6) is 0 Å². The van der Waals surface area contributed by atoms with Gasteiger partial charge >= 0.3 is 6.03 Å². The van der Waals surface area contributed by atoms with E-state index in [0.717, 1.165) is 42.7 Å². The van der Waals surface area contributed by atoms with Crippen molar-refractivity contribution in [1.82, 2.24) is 15.5 Å². The molecule has 0 spiro atoms. The van der Waals surface area contributed by atoms with Crippen molar-refractivity contribution >= 4 is 17.6 Å². The molecule has 1 aliphatic heterocycles. The Kier molecular flexibility index (Phi) is 7.50. The van der Waals surface area contributed by atoms with Crippen LogP contribution in [-0.2, 0) is 22.6 Å². The van der Waals surface area contributed by atoms with Crippen molar-refractivity contribution in [2.45, 2.75) is 44.3 Å². The summed E-state index contributed by atoms with van der Waals surface area (Å²) >= 11 is 0. The summed E-state index contributed by atoms with van der Waals surface area (Å²) in [5, 5.41) is 5.95. The summed E-state index contributed by atoms with van der Waals surface area (Å²) < 4.78 is 5.49. The molecular weight excluding hydrogens is 416 g/mol. The number of hydrogen-bond donors (Lipinski definition) is 2. The number of ether oxygens (including phenoxy) is 1. The Hall–Kier alpha value is -3.06. The van der Waals surface area contributed by atoms with Gasteiger partial charge in [0.25, 0.3) is 0 Å². The van der Waals surface area contributed by atoms with Crippen LogP contribution in [0.15, 0.2) is 54.6 Å². The molecule has 0 unspecified atom stereocenters. The highest BCUT2D eigenvalue weighted by molar-refractivity contribution is 5.91. The average molecular weight is 451 g/mol. The first kappa shape index (κ1) is 23.1. The molecule has 3 amide bonds. The van der Waals surface area contributed by atoms with Crippen molar-refractivity contribution in [2.24, 2.45) is 0 Å². The molecule has 2 fully saturated rings. The number of morpholine rings is 1. The lowest BCUT2D eigenvalue weighted by Gasteiger charge is -2.35. The van der Waals surface area contributed by atoms with Gasteiger partial charge < -0.3 is 25.2 Å². The Balaban J connectivity index is 1.42. The number of carbonyl (C=O) groups is 2. The SMILES string of the molecule is CN(Cc1ccccc1N1CCOCC1)C(=O)C1(NC(=O)NCc2ccccc2)CCCC1. The Bertz CT molecular complexity index is 938. The number of amides is 3. The van der Waals surface area contributed by atoms with E-state index in [1.54, 1.807) is 4.90 Å². The molecule has 4 rings (SSSR count). The second-order valence-corrected chi connectivity index (χ2v) is 8.97. The number of hydrogen-bond acceptors (Lipinski definition) is 4. The lowest BCUT2D eigenvalue weighted by atomic mass is 9.95. The predicted octanol–water partition coefficient (Wildman–Crippen LogP) is 3.29. The summed E-state index contributed by atoms with van der Waals surface area (Å²) in [4.78, 5) is 30.4. The van der Waals surface area contributed by atoms with Crippen molar-refractivity contribution in [2.75, 3.05) is 38.3 Å². The normalized spacial score (nSPS) is 17.4. The molecule has 2 aliphatic rings. The summed E-state index contributed by atoms with van der Waals surface area (Å²) in [5.74, 6) is -0.0216. The molecule has 0 aromatic heterocycles. The van der Waals surface area contributed by atoms with Crippen LogP contribution >= 0.6 is 0 Å². The maximum Gasteiger partial charge on any atom is 0.315 e. The zero-order valence-corrected chi connectivity index (χ0v) is 19.4. The van der Waals surface area contributed by atoms with Crippen LogP contribution in [0.3, 0.4) is 0 Å². The maximum absolute atomic E-state index is 13.6. The van der Waals surface area contributed by atoms with Crippen LogP contribution in [0.1, 0.15) is 36.8 Å². The molecule has 33 heavy (non-hydrogen) atoms. The molecule has 7 heteroatoms. The minimum atomic E-state index is -0.844. The number of nitrogens with one attached hydrogen (secondary N) is 2. The van der Waals surface area contributed by atoms with Gasteiger partial charge in [0, 0.05) is 38.9 Å². The molecule has 2 aromatic carbocycles. The van der Waals surface area contributed by atoms with Crippen molar-refractivity contribution in [3.63, 3.8) is 0 Å². The molecule has 1 saturated heterocycles. The highest BCUT2D eigenvalue weighted by Crippen LogP contribution is 2.32. The largest absolute Gasteiger partial charge is 0.378 e. The first-order valence-electron chi connectivity index (χ1n) is 11.8. The zero-order valence-electron chi connectivity index (χ0n) is 19.4. The highest BCUT2D eigenvalue weighted by atomic mass is 16.5. The Morgan fingerprint density at radius 2 is 1.67 bits per heavy atom. The standard InChI is InChI=1S/C26H34N4O3/c1-29(20-22-11-5-6-12-23(22)30-15-17-33-18-16-30)24(31)26(13-7-8-14-26)28-25(32)27-19-21-9-3-2-4-10-21/h2-6,9-12H,7-8,13-20H2,1H3,(H2,27,28,32). The van der Waals surface area contributed by atoms with Gasteiger partial charge in [-0.25, -0.2) is 4.79 Å². The number of likely N-dealkylation sites (N-methyl/N-ethyl adjacent to an activating group) is 1. The van der Waals surface area contributed by atoms with E-state index in [1.165, 1.54) is 0 Å². The van der Waals surface area contributed by atoms with Crippen LogP contribution in [0.25, 0.3) is 0 Å². The number of benzene rings is 2. The second-order valence-electron chi connectivity index (χ2n) is 8.97. The molecule has 1 saturated carbocycles. The third kappa shape index (κ3) is 5.66. The molecule has 0 atom stereocenters. The lowest BCUT2D eigenvalue weighted by molar-refractivity contribution is -0.137. The third-order valence-corrected chi connectivity index (χ3v) is 6.61. The van der Waals surface area contributed by atoms with E-state index in [4.69, 9.17) is 4.74 Å². The number of urea groups is 1. The highest BCUT2D eigenvalue weighted by Gasteiger charge is 2.44. The minimum absolute atomic E-state index is 0.0216. The topological polar surface area (TPSA) is 73.9 Å². The quantitative estimate of drug-likeness (QED) is 0.679. The van der Waals surface area contributed by atoms with Crippen LogP contribution in [0.2, 0.25) is 0 Å². The van der Waals surface area contributed by atoms with Gasteiger partial charge in [-0.05, 0) is 30.0 Å². The fourth-order valence-corrected chi connectivity index (χ4v) is 4.86. The van der Waals surface area contributed by atoms with Crippen LogP contribution in [0, 0.1) is 0 Å². The molecule has 1 heterocycles. The Morgan fingerprint density at radius 3 is 2.39 bits per heavy atom. The molecule has 7 nitrogen and oxygen atoms in total. The summed E-state index contributed by atoms with van der Waals surface area (Å²) in [7, 11) is 1.84. The summed E-state index contributed by atoms with van der Waals surface area (Å²) in [5.41, 5.74) is 2.44. The number of anilines is 1. The van der Waals surface area contributed by atoms with E-state index >= 15 is 0 Å². The van der Waals surface area contributed by atoms with Gasteiger partial charge in [-0.15, -0.1) is 0 Å². The van der Waals surface area contributed by atoms with E-state index in [-0.39, 0.29) is 11.9 Å². The van der Waals surface area contributed by atoms with Gasteiger partial charge in [-0.3, -0.25) is 4.79 Å². The number of carbonyl (C=O) groups excluding carboxylic acids is 2. The molecule has 2 N–H and O–H groups in total. The molecule has 1 aliphatic carbocycles. The molecular formula is C26H34N4O3. The number of nitrogens with zero attached hydrogens (tertiary/aromatic N) is 2. The monoisotopic (exact) mass is 450 g/mol. The van der Waals surface area contributed by atoms with E-state index < -0.39 is 5.54 Å². The maximum atomic E-state index is 13.6. The van der Waals surface area contributed by atoms with Crippen molar-refractivity contribution in [3.05, 3.63) is 65.7 Å². The smallest absolute Gasteiger partial charge is 0.315 e. The van der Waals surface area contributed by atoms with Gasteiger partial charge in [-0.1, -0.05) is 61.4 Å². The van der Waals surface area contributed by atoms with Gasteiger partial charge in [0.15, 0.2) is 0 Å². The Labute approximate surface area is 196 Å².